The highest BCUT2D eigenvalue weighted by atomic mass is 16.4. The summed E-state index contributed by atoms with van der Waals surface area (Å²) in [5, 5.41) is 12.1. The third-order valence-electron chi connectivity index (χ3n) is 4.29. The second-order valence-corrected chi connectivity index (χ2v) is 6.05. The maximum absolute atomic E-state index is 12.1. The minimum atomic E-state index is -0.829. The molecule has 0 unspecified atom stereocenters. The number of carboxylic acids is 1. The first-order chi connectivity index (χ1) is 9.43. The molecule has 1 aliphatic carbocycles. The molecule has 1 saturated carbocycles. The summed E-state index contributed by atoms with van der Waals surface area (Å²) in [4.78, 5) is 25.5. The maximum atomic E-state index is 12.1. The van der Waals surface area contributed by atoms with Crippen molar-refractivity contribution in [1.82, 2.24) is 10.2 Å². The van der Waals surface area contributed by atoms with E-state index in [-0.39, 0.29) is 11.8 Å². The van der Waals surface area contributed by atoms with E-state index in [1.807, 2.05) is 0 Å². The molecule has 0 heterocycles. The Morgan fingerprint density at radius 2 is 1.85 bits per heavy atom. The molecule has 0 aliphatic heterocycles. The molecule has 2 N–H and O–H groups in total. The molecule has 5 heteroatoms. The van der Waals surface area contributed by atoms with Crippen LogP contribution in [0.4, 0.5) is 0 Å². The summed E-state index contributed by atoms with van der Waals surface area (Å²) in [6, 6.07) is 0.500. The Hall–Kier alpha value is -1.10. The van der Waals surface area contributed by atoms with Crippen molar-refractivity contribution in [3.63, 3.8) is 0 Å². The number of carboxylic acid groups (broad SMARTS) is 1. The minimum absolute atomic E-state index is 0.0794. The third-order valence-corrected chi connectivity index (χ3v) is 4.29. The molecular formula is C15H28N2O3. The number of rotatable bonds is 7. The lowest BCUT2D eigenvalue weighted by atomic mass is 9.79. The summed E-state index contributed by atoms with van der Waals surface area (Å²) in [5.41, 5.74) is 0. The zero-order chi connectivity index (χ0) is 15.1. The summed E-state index contributed by atoms with van der Waals surface area (Å²) < 4.78 is 0. The molecule has 1 aliphatic rings. The number of amides is 1. The SMILES string of the molecule is CC(C)N(C)CCCNC(=O)[C@@H]1CCCC[C@@H]1C(=O)O. The molecule has 0 aromatic carbocycles. The van der Waals surface area contributed by atoms with Crippen molar-refractivity contribution in [3.05, 3.63) is 0 Å². The van der Waals surface area contributed by atoms with Gasteiger partial charge in [0.25, 0.3) is 0 Å². The van der Waals surface area contributed by atoms with Gasteiger partial charge in [0, 0.05) is 12.6 Å². The van der Waals surface area contributed by atoms with Crippen molar-refractivity contribution in [3.8, 4) is 0 Å². The number of aliphatic carboxylic acids is 1. The minimum Gasteiger partial charge on any atom is -0.481 e. The van der Waals surface area contributed by atoms with Gasteiger partial charge in [-0.05, 0) is 46.7 Å². The number of nitrogens with one attached hydrogen (secondary N) is 1. The molecule has 116 valence electrons. The number of nitrogens with zero attached hydrogens (tertiary/aromatic N) is 1. The van der Waals surface area contributed by atoms with E-state index in [9.17, 15) is 14.7 Å². The zero-order valence-corrected chi connectivity index (χ0v) is 12.9. The second kappa shape index (κ2) is 8.25. The Bertz CT molecular complexity index is 331. The largest absolute Gasteiger partial charge is 0.481 e. The van der Waals surface area contributed by atoms with Crippen LogP contribution < -0.4 is 5.32 Å². The van der Waals surface area contributed by atoms with Gasteiger partial charge in [0.2, 0.25) is 5.91 Å². The Kier molecular flexibility index (Phi) is 6.99. The van der Waals surface area contributed by atoms with Crippen LogP contribution in [0.3, 0.4) is 0 Å². The first kappa shape index (κ1) is 17.0. The molecule has 0 saturated heterocycles. The van der Waals surface area contributed by atoms with Crippen molar-refractivity contribution in [2.24, 2.45) is 11.8 Å². The van der Waals surface area contributed by atoms with Crippen LogP contribution in [0, 0.1) is 11.8 Å². The van der Waals surface area contributed by atoms with Crippen molar-refractivity contribution >= 4 is 11.9 Å². The Labute approximate surface area is 121 Å². The predicted octanol–water partition coefficient (Wildman–Crippen LogP) is 1.72. The molecule has 1 rings (SSSR count). The smallest absolute Gasteiger partial charge is 0.307 e. The normalized spacial score (nSPS) is 23.1. The second-order valence-electron chi connectivity index (χ2n) is 6.05. The van der Waals surface area contributed by atoms with Gasteiger partial charge in [-0.1, -0.05) is 12.8 Å². The van der Waals surface area contributed by atoms with E-state index < -0.39 is 11.9 Å². The molecular weight excluding hydrogens is 256 g/mol. The van der Waals surface area contributed by atoms with Crippen LogP contribution in [-0.4, -0.2) is 48.1 Å². The highest BCUT2D eigenvalue weighted by Crippen LogP contribution is 2.30. The average molecular weight is 284 g/mol. The van der Waals surface area contributed by atoms with Gasteiger partial charge in [-0.3, -0.25) is 9.59 Å². The van der Waals surface area contributed by atoms with Crippen LogP contribution in [0.2, 0.25) is 0 Å². The predicted molar refractivity (Wildman–Crippen MR) is 78.5 cm³/mol. The lowest BCUT2D eigenvalue weighted by molar-refractivity contribution is -0.148. The standard InChI is InChI=1S/C15H28N2O3/c1-11(2)17(3)10-6-9-16-14(18)12-7-4-5-8-13(12)15(19)20/h11-13H,4-10H2,1-3H3,(H,16,18)(H,19,20)/t12-,13+/m1/s1. The fraction of sp³-hybridized carbons (Fsp3) is 0.867. The number of hydrogen-bond acceptors (Lipinski definition) is 3. The summed E-state index contributed by atoms with van der Waals surface area (Å²) in [7, 11) is 2.06. The Morgan fingerprint density at radius 1 is 1.25 bits per heavy atom. The maximum Gasteiger partial charge on any atom is 0.307 e. The van der Waals surface area contributed by atoms with Crippen LogP contribution in [0.1, 0.15) is 46.0 Å². The number of hydrogen-bond donors (Lipinski definition) is 2. The van der Waals surface area contributed by atoms with Crippen molar-refractivity contribution in [2.45, 2.75) is 52.0 Å². The highest BCUT2D eigenvalue weighted by molar-refractivity contribution is 5.84. The molecule has 5 nitrogen and oxygen atoms in total. The molecule has 0 aromatic rings. The van der Waals surface area contributed by atoms with E-state index >= 15 is 0 Å². The molecule has 0 spiro atoms. The van der Waals surface area contributed by atoms with Crippen LogP contribution in [-0.2, 0) is 9.59 Å². The van der Waals surface area contributed by atoms with E-state index in [0.29, 0.717) is 25.4 Å². The van der Waals surface area contributed by atoms with Gasteiger partial charge in [0.1, 0.15) is 0 Å². The van der Waals surface area contributed by atoms with Crippen LogP contribution in [0.15, 0.2) is 0 Å². The van der Waals surface area contributed by atoms with Crippen LogP contribution in [0.25, 0.3) is 0 Å². The van der Waals surface area contributed by atoms with Gasteiger partial charge in [-0.25, -0.2) is 0 Å². The average Bonchev–Trinajstić information content (AvgIpc) is 2.42. The Balaban J connectivity index is 2.32. The summed E-state index contributed by atoms with van der Waals surface area (Å²) in [6.07, 6.45) is 4.10. The molecule has 1 fully saturated rings. The van der Waals surface area contributed by atoms with Gasteiger partial charge in [0.15, 0.2) is 0 Å². The lowest BCUT2D eigenvalue weighted by Gasteiger charge is -2.27. The zero-order valence-electron chi connectivity index (χ0n) is 12.9. The summed E-state index contributed by atoms with van der Waals surface area (Å²) >= 11 is 0. The lowest BCUT2D eigenvalue weighted by Crippen LogP contribution is -2.40. The van der Waals surface area contributed by atoms with Crippen molar-refractivity contribution in [1.29, 1.82) is 0 Å². The molecule has 2 atom stereocenters. The summed E-state index contributed by atoms with van der Waals surface area (Å²) in [5.74, 6) is -1.75. The Morgan fingerprint density at radius 3 is 2.40 bits per heavy atom. The first-order valence-electron chi connectivity index (χ1n) is 7.64. The fourth-order valence-electron chi connectivity index (χ4n) is 2.67. The van der Waals surface area contributed by atoms with Gasteiger partial charge in [-0.15, -0.1) is 0 Å². The van der Waals surface area contributed by atoms with Gasteiger partial charge in [0.05, 0.1) is 11.8 Å². The number of carbonyl (C=O) groups is 2. The van der Waals surface area contributed by atoms with E-state index in [2.05, 4.69) is 31.1 Å². The van der Waals surface area contributed by atoms with Crippen molar-refractivity contribution in [2.75, 3.05) is 20.1 Å². The van der Waals surface area contributed by atoms with Crippen LogP contribution in [0.5, 0.6) is 0 Å². The van der Waals surface area contributed by atoms with E-state index in [4.69, 9.17) is 0 Å². The van der Waals surface area contributed by atoms with E-state index in [1.54, 1.807) is 0 Å². The van der Waals surface area contributed by atoms with Gasteiger partial charge in [-0.2, -0.15) is 0 Å². The van der Waals surface area contributed by atoms with E-state index in [1.165, 1.54) is 0 Å². The van der Waals surface area contributed by atoms with Gasteiger partial charge < -0.3 is 15.3 Å². The topological polar surface area (TPSA) is 69.6 Å². The summed E-state index contributed by atoms with van der Waals surface area (Å²) in [6.45, 7) is 5.83. The van der Waals surface area contributed by atoms with E-state index in [0.717, 1.165) is 25.8 Å². The quantitative estimate of drug-likeness (QED) is 0.698. The molecule has 1 amide bonds. The monoisotopic (exact) mass is 284 g/mol. The first-order valence-corrected chi connectivity index (χ1v) is 7.64. The molecule has 0 aromatic heterocycles. The van der Waals surface area contributed by atoms with Crippen LogP contribution >= 0.6 is 0 Å². The molecule has 0 radical (unpaired) electrons. The highest BCUT2D eigenvalue weighted by Gasteiger charge is 2.35. The number of carbonyl (C=O) groups excluding carboxylic acids is 1. The fourth-order valence-corrected chi connectivity index (χ4v) is 2.67. The third kappa shape index (κ3) is 5.12. The van der Waals surface area contributed by atoms with Gasteiger partial charge >= 0.3 is 5.97 Å². The molecule has 20 heavy (non-hydrogen) atoms. The van der Waals surface area contributed by atoms with Crippen molar-refractivity contribution < 1.29 is 14.7 Å². The molecule has 0 bridgehead atoms.